The van der Waals surface area contributed by atoms with E-state index in [0.29, 0.717) is 6.54 Å². The SMILES string of the molecule is CC(C)(C)OC(=O)N1C[C@H](O)C[C@H]1C(=O)NCCCc1ccccc1. The number of ether oxygens (including phenoxy) is 1. The Morgan fingerprint density at radius 3 is 2.60 bits per heavy atom. The third kappa shape index (κ3) is 6.05. The monoisotopic (exact) mass is 348 g/mol. The Balaban J connectivity index is 1.83. The summed E-state index contributed by atoms with van der Waals surface area (Å²) in [5.41, 5.74) is 0.588. The fourth-order valence-corrected chi connectivity index (χ4v) is 2.85. The van der Waals surface area contributed by atoms with Crippen LogP contribution < -0.4 is 5.32 Å². The number of amides is 2. The van der Waals surface area contributed by atoms with E-state index < -0.39 is 23.8 Å². The van der Waals surface area contributed by atoms with E-state index in [4.69, 9.17) is 4.74 Å². The molecule has 2 atom stereocenters. The molecule has 6 nitrogen and oxygen atoms in total. The molecule has 6 heteroatoms. The molecule has 1 aliphatic heterocycles. The van der Waals surface area contributed by atoms with E-state index in [2.05, 4.69) is 17.4 Å². The summed E-state index contributed by atoms with van der Waals surface area (Å²) in [4.78, 5) is 26.0. The number of likely N-dealkylation sites (tertiary alicyclic amines) is 1. The lowest BCUT2D eigenvalue weighted by molar-refractivity contribution is -0.125. The van der Waals surface area contributed by atoms with Gasteiger partial charge in [-0.25, -0.2) is 4.79 Å². The molecule has 1 aromatic rings. The molecule has 0 spiro atoms. The summed E-state index contributed by atoms with van der Waals surface area (Å²) >= 11 is 0. The van der Waals surface area contributed by atoms with E-state index >= 15 is 0 Å². The number of rotatable bonds is 5. The van der Waals surface area contributed by atoms with Gasteiger partial charge in [0.2, 0.25) is 5.91 Å². The number of β-amino-alcohol motifs (C(OH)–C–C–N with tert-alkyl or cyclic N) is 1. The molecular weight excluding hydrogens is 320 g/mol. The standard InChI is InChI=1S/C19H28N2O4/c1-19(2,3)25-18(24)21-13-15(22)12-16(21)17(23)20-11-7-10-14-8-5-4-6-9-14/h4-6,8-9,15-16,22H,7,10-13H2,1-3H3,(H,20,23)/t15-,16+/m1/s1. The van der Waals surface area contributed by atoms with Gasteiger partial charge in [0.1, 0.15) is 11.6 Å². The van der Waals surface area contributed by atoms with Crippen molar-refractivity contribution < 1.29 is 19.4 Å². The summed E-state index contributed by atoms with van der Waals surface area (Å²) in [5.74, 6) is -0.240. The lowest BCUT2D eigenvalue weighted by Gasteiger charge is -2.27. The van der Waals surface area contributed by atoms with Crippen LogP contribution in [-0.4, -0.2) is 52.8 Å². The number of benzene rings is 1. The number of carbonyl (C=O) groups is 2. The van der Waals surface area contributed by atoms with Gasteiger partial charge in [0, 0.05) is 13.0 Å². The van der Waals surface area contributed by atoms with Gasteiger partial charge in [0.15, 0.2) is 0 Å². The molecule has 0 radical (unpaired) electrons. The zero-order valence-electron chi connectivity index (χ0n) is 15.2. The van der Waals surface area contributed by atoms with Gasteiger partial charge in [0.05, 0.1) is 12.6 Å². The molecule has 1 aromatic carbocycles. The van der Waals surface area contributed by atoms with Crippen molar-refractivity contribution in [1.82, 2.24) is 10.2 Å². The Labute approximate surface area is 149 Å². The van der Waals surface area contributed by atoms with Crippen molar-refractivity contribution in [3.05, 3.63) is 35.9 Å². The minimum absolute atomic E-state index is 0.122. The maximum Gasteiger partial charge on any atom is 0.411 e. The molecular formula is C19H28N2O4. The number of carbonyl (C=O) groups excluding carboxylic acids is 2. The zero-order chi connectivity index (χ0) is 18.4. The van der Waals surface area contributed by atoms with E-state index in [1.807, 2.05) is 18.2 Å². The van der Waals surface area contributed by atoms with Gasteiger partial charge in [-0.15, -0.1) is 0 Å². The molecule has 2 amide bonds. The van der Waals surface area contributed by atoms with Crippen LogP contribution in [0.4, 0.5) is 4.79 Å². The number of nitrogens with zero attached hydrogens (tertiary/aromatic N) is 1. The van der Waals surface area contributed by atoms with Crippen LogP contribution in [0.15, 0.2) is 30.3 Å². The van der Waals surface area contributed by atoms with Crippen molar-refractivity contribution in [1.29, 1.82) is 0 Å². The summed E-state index contributed by atoms with van der Waals surface area (Å²) in [6.07, 6.45) is 0.673. The maximum atomic E-state index is 12.4. The minimum atomic E-state index is -0.701. The molecule has 0 unspecified atom stereocenters. The first-order valence-corrected chi connectivity index (χ1v) is 8.75. The normalized spacial score (nSPS) is 20.4. The first-order chi connectivity index (χ1) is 11.8. The predicted octanol–water partition coefficient (Wildman–Crippen LogP) is 2.11. The van der Waals surface area contributed by atoms with Crippen LogP contribution in [0.3, 0.4) is 0 Å². The van der Waals surface area contributed by atoms with Crippen LogP contribution in [0, 0.1) is 0 Å². The van der Waals surface area contributed by atoms with Crippen molar-refractivity contribution in [2.24, 2.45) is 0 Å². The molecule has 1 saturated heterocycles. The zero-order valence-corrected chi connectivity index (χ0v) is 15.2. The highest BCUT2D eigenvalue weighted by Crippen LogP contribution is 2.21. The summed E-state index contributed by atoms with van der Waals surface area (Å²) in [7, 11) is 0. The Hall–Kier alpha value is -2.08. The van der Waals surface area contributed by atoms with E-state index in [0.717, 1.165) is 12.8 Å². The number of aryl methyl sites for hydroxylation is 1. The Bertz CT molecular complexity index is 583. The van der Waals surface area contributed by atoms with Gasteiger partial charge < -0.3 is 15.2 Å². The summed E-state index contributed by atoms with van der Waals surface area (Å²) < 4.78 is 5.33. The van der Waals surface area contributed by atoms with Crippen molar-refractivity contribution in [3.63, 3.8) is 0 Å². The molecule has 2 N–H and O–H groups in total. The molecule has 138 valence electrons. The van der Waals surface area contributed by atoms with Crippen molar-refractivity contribution in [3.8, 4) is 0 Å². The number of hydrogen-bond donors (Lipinski definition) is 2. The lowest BCUT2D eigenvalue weighted by atomic mass is 10.1. The van der Waals surface area contributed by atoms with Crippen LogP contribution in [-0.2, 0) is 16.0 Å². The second-order valence-electron chi connectivity index (χ2n) is 7.42. The van der Waals surface area contributed by atoms with Gasteiger partial charge >= 0.3 is 6.09 Å². The summed E-state index contributed by atoms with van der Waals surface area (Å²) in [6.45, 7) is 5.97. The highest BCUT2D eigenvalue weighted by atomic mass is 16.6. The van der Waals surface area contributed by atoms with Gasteiger partial charge in [-0.3, -0.25) is 9.69 Å². The lowest BCUT2D eigenvalue weighted by Crippen LogP contribution is -2.47. The third-order valence-corrected chi connectivity index (χ3v) is 3.99. The number of aliphatic hydroxyl groups excluding tert-OH is 1. The van der Waals surface area contributed by atoms with Gasteiger partial charge in [-0.1, -0.05) is 30.3 Å². The Morgan fingerprint density at radius 1 is 1.28 bits per heavy atom. The predicted molar refractivity (Wildman–Crippen MR) is 95.1 cm³/mol. The fourth-order valence-electron chi connectivity index (χ4n) is 2.85. The Kier molecular flexibility index (Phi) is 6.42. The minimum Gasteiger partial charge on any atom is -0.444 e. The molecule has 0 saturated carbocycles. The molecule has 1 heterocycles. The number of aliphatic hydroxyl groups is 1. The highest BCUT2D eigenvalue weighted by Gasteiger charge is 2.40. The van der Waals surface area contributed by atoms with Crippen LogP contribution >= 0.6 is 0 Å². The van der Waals surface area contributed by atoms with Crippen molar-refractivity contribution in [2.45, 2.75) is 57.8 Å². The second-order valence-corrected chi connectivity index (χ2v) is 7.42. The molecule has 1 aliphatic rings. The van der Waals surface area contributed by atoms with Gasteiger partial charge in [-0.2, -0.15) is 0 Å². The highest BCUT2D eigenvalue weighted by molar-refractivity contribution is 5.86. The van der Waals surface area contributed by atoms with Crippen LogP contribution in [0.25, 0.3) is 0 Å². The maximum absolute atomic E-state index is 12.4. The Morgan fingerprint density at radius 2 is 1.96 bits per heavy atom. The fraction of sp³-hybridized carbons (Fsp3) is 0.579. The van der Waals surface area contributed by atoms with Crippen LogP contribution in [0.1, 0.15) is 39.2 Å². The van der Waals surface area contributed by atoms with E-state index in [-0.39, 0.29) is 18.9 Å². The molecule has 0 aliphatic carbocycles. The second kappa shape index (κ2) is 8.34. The number of hydrogen-bond acceptors (Lipinski definition) is 4. The largest absolute Gasteiger partial charge is 0.444 e. The molecule has 0 bridgehead atoms. The van der Waals surface area contributed by atoms with E-state index in [9.17, 15) is 14.7 Å². The average molecular weight is 348 g/mol. The molecule has 25 heavy (non-hydrogen) atoms. The number of nitrogens with one attached hydrogen (secondary N) is 1. The molecule has 2 rings (SSSR count). The van der Waals surface area contributed by atoms with E-state index in [1.54, 1.807) is 20.8 Å². The van der Waals surface area contributed by atoms with Gasteiger partial charge in [0.25, 0.3) is 0 Å². The summed E-state index contributed by atoms with van der Waals surface area (Å²) in [5, 5.41) is 12.7. The summed E-state index contributed by atoms with van der Waals surface area (Å²) in [6, 6.07) is 9.39. The van der Waals surface area contributed by atoms with Crippen LogP contribution in [0.2, 0.25) is 0 Å². The molecule has 0 aromatic heterocycles. The van der Waals surface area contributed by atoms with Crippen molar-refractivity contribution >= 4 is 12.0 Å². The molecule has 1 fully saturated rings. The third-order valence-electron chi connectivity index (χ3n) is 3.99. The first kappa shape index (κ1) is 19.2. The smallest absolute Gasteiger partial charge is 0.411 e. The van der Waals surface area contributed by atoms with Gasteiger partial charge in [-0.05, 0) is 39.2 Å². The van der Waals surface area contributed by atoms with Crippen LogP contribution in [0.5, 0.6) is 0 Å². The quantitative estimate of drug-likeness (QED) is 0.799. The first-order valence-electron chi connectivity index (χ1n) is 8.75. The van der Waals surface area contributed by atoms with Crippen molar-refractivity contribution in [2.75, 3.05) is 13.1 Å². The average Bonchev–Trinajstić information content (AvgIpc) is 2.93. The topological polar surface area (TPSA) is 78.9 Å². The van der Waals surface area contributed by atoms with E-state index in [1.165, 1.54) is 10.5 Å².